The Morgan fingerprint density at radius 1 is 0.969 bits per heavy atom. The van der Waals surface area contributed by atoms with Crippen LogP contribution in [0.5, 0.6) is 0 Å². The van der Waals surface area contributed by atoms with Gasteiger partial charge in [-0.15, -0.1) is 0 Å². The van der Waals surface area contributed by atoms with E-state index in [0.717, 1.165) is 25.7 Å². The Morgan fingerprint density at radius 3 is 2.19 bits per heavy atom. The average molecular weight is 469 g/mol. The van der Waals surface area contributed by atoms with Gasteiger partial charge in [0, 0.05) is 18.1 Å². The lowest BCUT2D eigenvalue weighted by molar-refractivity contribution is -0.143. The van der Waals surface area contributed by atoms with Gasteiger partial charge in [-0.3, -0.25) is 4.79 Å². The number of carboxylic acid groups (broad SMARTS) is 1. The van der Waals surface area contributed by atoms with E-state index in [1.807, 2.05) is 0 Å². The lowest BCUT2D eigenvalue weighted by atomic mass is 10.1. The van der Waals surface area contributed by atoms with Gasteiger partial charge in [-0.2, -0.15) is 11.8 Å². The number of aliphatic carboxylic acids is 1. The third-order valence-electron chi connectivity index (χ3n) is 4.48. The van der Waals surface area contributed by atoms with E-state index in [9.17, 15) is 19.5 Å². The molecule has 0 aromatic rings. The summed E-state index contributed by atoms with van der Waals surface area (Å²) in [4.78, 5) is 34.5. The Kier molecular flexibility index (Phi) is 17.1. The van der Waals surface area contributed by atoms with Crippen molar-refractivity contribution in [3.8, 4) is 0 Å². The maximum absolute atomic E-state index is 11.8. The van der Waals surface area contributed by atoms with Gasteiger partial charge in [-0.1, -0.05) is 34.9 Å². The highest BCUT2D eigenvalue weighted by atomic mass is 32.2. The summed E-state index contributed by atoms with van der Waals surface area (Å²) in [7, 11) is 0. The van der Waals surface area contributed by atoms with Crippen LogP contribution in [-0.2, 0) is 14.3 Å². The van der Waals surface area contributed by atoms with E-state index in [4.69, 9.17) is 4.74 Å². The van der Waals surface area contributed by atoms with E-state index in [2.05, 4.69) is 56.6 Å². The number of allylic oxidation sites excluding steroid dienone is 5. The first kappa shape index (κ1) is 29.8. The molecule has 1 atom stereocenters. The molecule has 182 valence electrons. The number of amides is 2. The van der Waals surface area contributed by atoms with Gasteiger partial charge in [0.15, 0.2) is 0 Å². The molecule has 0 aliphatic heterocycles. The Labute approximate surface area is 197 Å². The summed E-state index contributed by atoms with van der Waals surface area (Å²) in [6.45, 7) is 10.6. The molecule has 0 aromatic carbocycles. The second kappa shape index (κ2) is 18.4. The third-order valence-corrected chi connectivity index (χ3v) is 5.45. The fourth-order valence-electron chi connectivity index (χ4n) is 2.62. The fraction of sp³-hybridized carbons (Fsp3) is 0.625. The zero-order valence-electron chi connectivity index (χ0n) is 20.2. The van der Waals surface area contributed by atoms with Crippen LogP contribution in [0.25, 0.3) is 0 Å². The normalized spacial score (nSPS) is 12.7. The minimum absolute atomic E-state index is 0.0436. The molecule has 0 bridgehead atoms. The van der Waals surface area contributed by atoms with Gasteiger partial charge in [0.05, 0.1) is 13.0 Å². The van der Waals surface area contributed by atoms with Gasteiger partial charge in [0.2, 0.25) is 0 Å². The smallest absolute Gasteiger partial charge is 0.327 e. The molecule has 0 aliphatic carbocycles. The number of carboxylic acids is 1. The van der Waals surface area contributed by atoms with E-state index in [0.29, 0.717) is 5.75 Å². The van der Waals surface area contributed by atoms with Gasteiger partial charge in [-0.25, -0.2) is 9.59 Å². The molecule has 0 heterocycles. The van der Waals surface area contributed by atoms with Crippen LogP contribution in [0.2, 0.25) is 0 Å². The number of carbonyl (C=O) groups is 3. The lowest BCUT2D eigenvalue weighted by Crippen LogP contribution is -2.47. The Balaban J connectivity index is 4.20. The number of hydrogen-bond acceptors (Lipinski definition) is 5. The molecule has 0 unspecified atom stereocenters. The van der Waals surface area contributed by atoms with Crippen molar-refractivity contribution in [2.24, 2.45) is 0 Å². The van der Waals surface area contributed by atoms with Crippen LogP contribution in [-0.4, -0.2) is 53.8 Å². The fourth-order valence-corrected chi connectivity index (χ4v) is 3.62. The number of hydrogen-bond donors (Lipinski definition) is 3. The first-order valence-electron chi connectivity index (χ1n) is 11.1. The second-order valence-electron chi connectivity index (χ2n) is 7.84. The highest BCUT2D eigenvalue weighted by Gasteiger charge is 2.19. The van der Waals surface area contributed by atoms with Crippen molar-refractivity contribution in [2.45, 2.75) is 72.8 Å². The Morgan fingerprint density at radius 2 is 1.59 bits per heavy atom. The molecule has 0 aromatic heterocycles. The van der Waals surface area contributed by atoms with Crippen LogP contribution in [0.3, 0.4) is 0 Å². The topological polar surface area (TPSA) is 105 Å². The molecule has 32 heavy (non-hydrogen) atoms. The first-order valence-corrected chi connectivity index (χ1v) is 12.3. The molecule has 0 fully saturated rings. The van der Waals surface area contributed by atoms with Crippen LogP contribution in [0, 0.1) is 0 Å². The van der Waals surface area contributed by atoms with Crippen LogP contribution < -0.4 is 10.6 Å². The van der Waals surface area contributed by atoms with Gasteiger partial charge in [0.1, 0.15) is 6.04 Å². The summed E-state index contributed by atoms with van der Waals surface area (Å²) in [6.07, 6.45) is 10.8. The van der Waals surface area contributed by atoms with E-state index in [1.165, 1.54) is 28.5 Å². The predicted octanol–water partition coefficient (Wildman–Crippen LogP) is 4.84. The van der Waals surface area contributed by atoms with Crippen molar-refractivity contribution in [3.63, 3.8) is 0 Å². The molecule has 0 aliphatic rings. The molecule has 0 spiro atoms. The van der Waals surface area contributed by atoms with Gasteiger partial charge < -0.3 is 20.5 Å². The van der Waals surface area contributed by atoms with E-state index in [-0.39, 0.29) is 25.3 Å². The minimum Gasteiger partial charge on any atom is -0.480 e. The quantitative estimate of drug-likeness (QED) is 0.170. The van der Waals surface area contributed by atoms with Crippen molar-refractivity contribution in [1.29, 1.82) is 0 Å². The first-order chi connectivity index (χ1) is 15.1. The number of nitrogens with one attached hydrogen (secondary N) is 2. The number of ether oxygens (including phenoxy) is 1. The van der Waals surface area contributed by atoms with Crippen molar-refractivity contribution >= 4 is 29.7 Å². The molecule has 2 amide bonds. The van der Waals surface area contributed by atoms with E-state index >= 15 is 0 Å². The molecule has 0 saturated carbocycles. The summed E-state index contributed by atoms with van der Waals surface area (Å²) in [5.74, 6) is -0.555. The van der Waals surface area contributed by atoms with Crippen LogP contribution in [0.1, 0.15) is 66.7 Å². The largest absolute Gasteiger partial charge is 0.480 e. The van der Waals surface area contributed by atoms with E-state index < -0.39 is 24.0 Å². The Hall–Kier alpha value is -2.22. The number of rotatable bonds is 16. The molecule has 0 radical (unpaired) electrons. The van der Waals surface area contributed by atoms with Crippen LogP contribution >= 0.6 is 11.8 Å². The standard InChI is InChI=1S/C24H40N2O5S/c1-6-31-22(27)13-15-25-24(30)26-21(23(28)29)17-32-16-14-20(5)12-8-11-19(4)10-7-9-18(2)3/h9,11,14,21H,6-8,10,12-13,15-17H2,1-5H3,(H,28,29)(H2,25,26,30)/t21-/m0/s1. The van der Waals surface area contributed by atoms with Crippen molar-refractivity contribution in [1.82, 2.24) is 10.6 Å². The van der Waals surface area contributed by atoms with Crippen molar-refractivity contribution in [3.05, 3.63) is 34.9 Å². The SMILES string of the molecule is CCOC(=O)CCNC(=O)N[C@@H](CSCC=C(C)CCC=C(C)CCC=C(C)C)C(=O)O. The molecular formula is C24H40N2O5S. The van der Waals surface area contributed by atoms with Crippen LogP contribution in [0.4, 0.5) is 4.79 Å². The molecule has 3 N–H and O–H groups in total. The van der Waals surface area contributed by atoms with Gasteiger partial charge in [0.25, 0.3) is 0 Å². The number of carbonyl (C=O) groups excluding carboxylic acids is 2. The predicted molar refractivity (Wildman–Crippen MR) is 132 cm³/mol. The summed E-state index contributed by atoms with van der Waals surface area (Å²) in [5, 5.41) is 14.2. The highest BCUT2D eigenvalue weighted by molar-refractivity contribution is 7.99. The monoisotopic (exact) mass is 468 g/mol. The summed E-state index contributed by atoms with van der Waals surface area (Å²) < 4.78 is 4.77. The highest BCUT2D eigenvalue weighted by Crippen LogP contribution is 2.13. The Bertz CT molecular complexity index is 682. The number of urea groups is 1. The summed E-state index contributed by atoms with van der Waals surface area (Å²) >= 11 is 1.45. The zero-order valence-corrected chi connectivity index (χ0v) is 21.0. The van der Waals surface area contributed by atoms with Gasteiger partial charge >= 0.3 is 18.0 Å². The maximum Gasteiger partial charge on any atom is 0.327 e. The maximum atomic E-state index is 11.8. The zero-order chi connectivity index (χ0) is 24.4. The van der Waals surface area contributed by atoms with Crippen molar-refractivity contribution in [2.75, 3.05) is 24.7 Å². The molecule has 8 heteroatoms. The number of thioether (sulfide) groups is 1. The summed E-state index contributed by atoms with van der Waals surface area (Å²) in [5.41, 5.74) is 4.02. The van der Waals surface area contributed by atoms with E-state index in [1.54, 1.807) is 6.92 Å². The van der Waals surface area contributed by atoms with Crippen molar-refractivity contribution < 1.29 is 24.2 Å². The second-order valence-corrected chi connectivity index (χ2v) is 8.92. The third kappa shape index (κ3) is 17.5. The lowest BCUT2D eigenvalue weighted by Gasteiger charge is -2.14. The number of esters is 1. The van der Waals surface area contributed by atoms with Gasteiger partial charge in [-0.05, 0) is 60.3 Å². The van der Waals surface area contributed by atoms with Crippen LogP contribution in [0.15, 0.2) is 34.9 Å². The molecule has 0 saturated heterocycles. The molecular weight excluding hydrogens is 428 g/mol. The minimum atomic E-state index is -1.09. The summed E-state index contributed by atoms with van der Waals surface area (Å²) in [6, 6.07) is -1.61. The molecule has 0 rings (SSSR count). The molecule has 7 nitrogen and oxygen atoms in total. The average Bonchev–Trinajstić information content (AvgIpc) is 2.70.